The number of carbonyl (C=O) groups excluding carboxylic acids is 5. The SMILES string of the molecule is CO[C@H]1C[C@@H]2CC[C@@H](C)[C@@](O)(O2)C(=O)C(=O)N2CCCC(C2)C(=O)O[C@H]([C@H](C)C[C@@H]2CC[C@@H](O[Si](C)(C)C)[C@H](OC)C2)CC(=O)[C@H](C)/C=C(\C)C[C@@H](OC)C(=O)[C@H](C)C[C@H](C)/C=C/CC/C=C/1C. The van der Waals surface area contributed by atoms with E-state index in [4.69, 9.17) is 28.1 Å². The molecule has 1 saturated carbocycles. The molecule has 1 amide bonds. The third-order valence-corrected chi connectivity index (χ3v) is 16.1. The summed E-state index contributed by atoms with van der Waals surface area (Å²) in [4.78, 5) is 71.6. The van der Waals surface area contributed by atoms with Crippen molar-refractivity contribution in [2.45, 2.75) is 200 Å². The van der Waals surface area contributed by atoms with Gasteiger partial charge in [-0.15, -0.1) is 0 Å². The number of Topliss-reactive ketones (excluding diaryl/α,β-unsaturated/α-hetero) is 3. The molecule has 3 aliphatic heterocycles. The molecule has 0 aromatic carbocycles. The zero-order chi connectivity index (χ0) is 50.5. The summed E-state index contributed by atoms with van der Waals surface area (Å²) in [6.45, 7) is 20.3. The summed E-state index contributed by atoms with van der Waals surface area (Å²) in [6.07, 6.45) is 14.3. The van der Waals surface area contributed by atoms with E-state index in [1.807, 2.05) is 40.7 Å². The number of carbonyl (C=O) groups is 5. The predicted molar refractivity (Wildman–Crippen MR) is 266 cm³/mol. The quantitative estimate of drug-likeness (QED) is 0.106. The highest BCUT2D eigenvalue weighted by atomic mass is 28.4. The van der Waals surface area contributed by atoms with Crippen LogP contribution in [0.4, 0.5) is 0 Å². The number of esters is 1. The fourth-order valence-corrected chi connectivity index (χ4v) is 12.1. The molecule has 386 valence electrons. The van der Waals surface area contributed by atoms with Crippen molar-refractivity contribution in [2.24, 2.45) is 41.4 Å². The second kappa shape index (κ2) is 26.6. The van der Waals surface area contributed by atoms with Gasteiger partial charge in [-0.1, -0.05) is 64.5 Å². The lowest BCUT2D eigenvalue weighted by Crippen LogP contribution is -2.59. The van der Waals surface area contributed by atoms with Gasteiger partial charge in [0.2, 0.25) is 5.79 Å². The Morgan fingerprint density at radius 1 is 0.853 bits per heavy atom. The monoisotopic (exact) mass is 972 g/mol. The van der Waals surface area contributed by atoms with Gasteiger partial charge in [0.05, 0.1) is 30.3 Å². The van der Waals surface area contributed by atoms with Crippen molar-refractivity contribution in [1.82, 2.24) is 4.90 Å². The zero-order valence-electron chi connectivity index (χ0n) is 44.0. The number of methoxy groups -OCH3 is 3. The fraction of sp³-hybridized carbons (Fsp3) is 0.796. The van der Waals surface area contributed by atoms with Crippen LogP contribution in [0.3, 0.4) is 0 Å². The topological polar surface area (TPSA) is 164 Å². The molecule has 2 saturated heterocycles. The molecular weight excluding hydrogens is 883 g/mol. The van der Waals surface area contributed by atoms with Gasteiger partial charge in [0, 0.05) is 71.4 Å². The van der Waals surface area contributed by atoms with Gasteiger partial charge in [-0.3, -0.25) is 24.0 Å². The number of hydrogen-bond acceptors (Lipinski definition) is 12. The van der Waals surface area contributed by atoms with Crippen LogP contribution in [0.5, 0.6) is 0 Å². The number of ether oxygens (including phenoxy) is 5. The van der Waals surface area contributed by atoms with Crippen molar-refractivity contribution >= 4 is 37.5 Å². The Hall–Kier alpha value is -2.85. The number of cyclic esters (lactones) is 1. The maximum absolute atomic E-state index is 14.3. The van der Waals surface area contributed by atoms with E-state index in [1.54, 1.807) is 28.3 Å². The lowest BCUT2D eigenvalue weighted by Gasteiger charge is -2.42. The molecule has 1 unspecified atom stereocenters. The van der Waals surface area contributed by atoms with Gasteiger partial charge in [-0.2, -0.15) is 0 Å². The molecule has 1 N–H and O–H groups in total. The third kappa shape index (κ3) is 16.6. The Morgan fingerprint density at radius 3 is 2.22 bits per heavy atom. The Kier molecular flexibility index (Phi) is 22.5. The summed E-state index contributed by atoms with van der Waals surface area (Å²) in [6, 6.07) is 0. The molecule has 0 aromatic heterocycles. The standard InChI is InChI=1S/C54H89NO12Si/c1-34-18-15-14-16-19-36(3)46(62-8)31-43-23-21-40(7)54(61,66-43)51(58)52(59)55-25-17-20-42(33-55)53(60)65-47(38(5)29-41-22-24-45(48(30-41)63-9)67-68(11,12)13)32-44(56)37(4)27-35(2)28-49(64-10)50(57)39(6)26-34/h15,18-19,27,34,37-43,45-49,61H,14,16-17,20-26,28-33H2,1-13H3/b18-15+,35-27+,36-19+/t34-,37-,38-,39-,40-,41+,42?,43+,45-,46+,47+,48-,49-,54-/m1/s1. The minimum Gasteiger partial charge on any atom is -0.461 e. The largest absolute Gasteiger partial charge is 0.461 e. The van der Waals surface area contributed by atoms with Crippen molar-refractivity contribution in [1.29, 1.82) is 0 Å². The van der Waals surface area contributed by atoms with Crippen LogP contribution in [0.1, 0.15) is 138 Å². The Labute approximate surface area is 410 Å². The van der Waals surface area contributed by atoms with E-state index in [2.05, 4.69) is 44.8 Å². The van der Waals surface area contributed by atoms with Gasteiger partial charge in [-0.05, 0) is 127 Å². The third-order valence-electron chi connectivity index (χ3n) is 15.1. The van der Waals surface area contributed by atoms with Crippen LogP contribution in [0, 0.1) is 41.4 Å². The van der Waals surface area contributed by atoms with Crippen molar-refractivity contribution < 1.29 is 57.2 Å². The lowest BCUT2D eigenvalue weighted by atomic mass is 9.78. The second-order valence-corrected chi connectivity index (χ2v) is 26.5. The number of amides is 1. The maximum Gasteiger partial charge on any atom is 0.311 e. The Bertz CT molecular complexity index is 1790. The first-order valence-electron chi connectivity index (χ1n) is 25.8. The number of fused-ring (bicyclic) bond motifs is 4. The summed E-state index contributed by atoms with van der Waals surface area (Å²) in [5.74, 6) is -6.70. The first kappa shape index (κ1) is 57.7. The molecule has 4 aliphatic rings. The molecule has 1 aliphatic carbocycles. The minimum atomic E-state index is -2.33. The molecule has 14 atom stereocenters. The van der Waals surface area contributed by atoms with Gasteiger partial charge in [0.1, 0.15) is 18.0 Å². The number of ketones is 3. The van der Waals surface area contributed by atoms with Crippen LogP contribution in [0.15, 0.2) is 35.5 Å². The highest BCUT2D eigenvalue weighted by Crippen LogP contribution is 2.38. The molecular formula is C54H89NO12Si. The molecule has 68 heavy (non-hydrogen) atoms. The van der Waals surface area contributed by atoms with Gasteiger partial charge >= 0.3 is 5.97 Å². The molecule has 0 aromatic rings. The molecule has 4 bridgehead atoms. The van der Waals surface area contributed by atoms with E-state index in [0.717, 1.165) is 43.3 Å². The summed E-state index contributed by atoms with van der Waals surface area (Å²) >= 11 is 0. The van der Waals surface area contributed by atoms with Crippen molar-refractivity contribution in [3.8, 4) is 0 Å². The molecule has 3 fully saturated rings. The molecule has 0 spiro atoms. The molecule has 13 nitrogen and oxygen atoms in total. The van der Waals surface area contributed by atoms with Crippen molar-refractivity contribution in [3.05, 3.63) is 35.5 Å². The zero-order valence-corrected chi connectivity index (χ0v) is 45.0. The minimum absolute atomic E-state index is 0.00869. The summed E-state index contributed by atoms with van der Waals surface area (Å²) in [5, 5.41) is 11.9. The number of hydrogen-bond donors (Lipinski definition) is 1. The van der Waals surface area contributed by atoms with Crippen LogP contribution in [-0.2, 0) is 52.1 Å². The number of rotatable bonds is 8. The normalized spacial score (nSPS) is 38.1. The predicted octanol–water partition coefficient (Wildman–Crippen LogP) is 9.15. The van der Waals surface area contributed by atoms with Crippen molar-refractivity contribution in [2.75, 3.05) is 34.4 Å². The first-order valence-corrected chi connectivity index (χ1v) is 29.2. The van der Waals surface area contributed by atoms with Gasteiger partial charge in [0.15, 0.2) is 14.1 Å². The first-order chi connectivity index (χ1) is 32.0. The van der Waals surface area contributed by atoms with Crippen LogP contribution in [0.25, 0.3) is 0 Å². The van der Waals surface area contributed by atoms with Crippen LogP contribution < -0.4 is 0 Å². The Morgan fingerprint density at radius 2 is 1.56 bits per heavy atom. The van der Waals surface area contributed by atoms with Crippen LogP contribution in [0.2, 0.25) is 19.6 Å². The van der Waals surface area contributed by atoms with Gasteiger partial charge < -0.3 is 38.1 Å². The van der Waals surface area contributed by atoms with E-state index in [0.29, 0.717) is 51.4 Å². The van der Waals surface area contributed by atoms with E-state index in [9.17, 15) is 29.1 Å². The van der Waals surface area contributed by atoms with E-state index in [1.165, 1.54) is 4.90 Å². The molecule has 14 heteroatoms. The number of piperidine rings is 1. The van der Waals surface area contributed by atoms with Gasteiger partial charge in [0.25, 0.3) is 11.7 Å². The van der Waals surface area contributed by atoms with Crippen LogP contribution in [-0.4, -0.2) is 124 Å². The summed E-state index contributed by atoms with van der Waals surface area (Å²) in [7, 11) is 3.11. The fourth-order valence-electron chi connectivity index (χ4n) is 10.9. The van der Waals surface area contributed by atoms with E-state index < -0.39 is 67.8 Å². The van der Waals surface area contributed by atoms with Crippen molar-refractivity contribution in [3.63, 3.8) is 0 Å². The molecule has 0 radical (unpaired) electrons. The molecule has 3 heterocycles. The summed E-state index contributed by atoms with van der Waals surface area (Å²) in [5.41, 5.74) is 1.87. The van der Waals surface area contributed by atoms with Crippen LogP contribution >= 0.6 is 0 Å². The summed E-state index contributed by atoms with van der Waals surface area (Å²) < 4.78 is 36.6. The smallest absolute Gasteiger partial charge is 0.311 e. The van der Waals surface area contributed by atoms with Gasteiger partial charge in [-0.25, -0.2) is 0 Å². The highest BCUT2D eigenvalue weighted by Gasteiger charge is 2.52. The lowest BCUT2D eigenvalue weighted by molar-refractivity contribution is -0.265. The average molecular weight is 972 g/mol. The second-order valence-electron chi connectivity index (χ2n) is 22.1. The number of aliphatic hydroxyl groups is 1. The van der Waals surface area contributed by atoms with E-state index >= 15 is 0 Å². The Balaban J connectivity index is 1.62. The maximum atomic E-state index is 14.3. The average Bonchev–Trinajstić information content (AvgIpc) is 3.29. The number of allylic oxidation sites excluding steroid dienone is 4. The number of nitrogens with zero attached hydrogens (tertiary/aromatic N) is 1. The van der Waals surface area contributed by atoms with E-state index in [-0.39, 0.29) is 73.1 Å². The molecule has 4 rings (SSSR count). The highest BCUT2D eigenvalue weighted by molar-refractivity contribution is 6.69.